The van der Waals surface area contributed by atoms with E-state index in [1.807, 2.05) is 60.7 Å². The first-order valence-corrected chi connectivity index (χ1v) is 34.4. The van der Waals surface area contributed by atoms with Crippen LogP contribution in [0.1, 0.15) is 22.3 Å². The molecule has 0 spiro atoms. The number of hydrogen-bond donors (Lipinski definition) is 0. The van der Waals surface area contributed by atoms with Crippen LogP contribution < -0.4 is 71.2 Å². The molecule has 18 aliphatic heterocycles. The van der Waals surface area contributed by atoms with E-state index in [0.29, 0.717) is 106 Å². The molecule has 0 aliphatic carbocycles. The van der Waals surface area contributed by atoms with Gasteiger partial charge in [0.25, 0.3) is 0 Å². The summed E-state index contributed by atoms with van der Waals surface area (Å²) in [5.74, 6) is 3.09. The van der Waals surface area contributed by atoms with Crippen LogP contribution in [0.25, 0.3) is 33.0 Å². The van der Waals surface area contributed by atoms with Crippen molar-refractivity contribution in [3.8, 4) is 45.3 Å². The largest absolute Gasteiger partial charge is 1.00 e. The fourth-order valence-electron chi connectivity index (χ4n) is 9.34. The number of fused-ring (bicyclic) bond motifs is 26. The van der Waals surface area contributed by atoms with E-state index in [4.69, 9.17) is 47.4 Å². The van der Waals surface area contributed by atoms with Crippen molar-refractivity contribution >= 4 is 26.4 Å². The molecule has 0 unspecified atom stereocenters. The van der Waals surface area contributed by atoms with E-state index in [0.717, 1.165) is 59.9 Å². The Hall–Kier alpha value is -7.10. The van der Waals surface area contributed by atoms with E-state index in [-0.39, 0.29) is 34.0 Å². The van der Waals surface area contributed by atoms with Crippen LogP contribution >= 0.6 is 15.6 Å². The fraction of sp³-hybridized carbons (Fsp3) is 0.294. The first-order valence-electron chi connectivity index (χ1n) is 30.4. The van der Waals surface area contributed by atoms with Gasteiger partial charge in [-0.3, -0.25) is 0 Å². The molecule has 17 bridgehead atoms. The second-order valence-corrected chi connectivity index (χ2v) is 25.6. The van der Waals surface area contributed by atoms with Crippen LogP contribution in [0.15, 0.2) is 207 Å². The molecule has 27 rings (SSSR count). The number of hydrogen-bond acceptors (Lipinski definition) is 10. The Bertz CT molecular complexity index is 3440. The van der Waals surface area contributed by atoms with Crippen LogP contribution in [-0.2, 0) is 54.6 Å². The van der Waals surface area contributed by atoms with Crippen LogP contribution in [0.5, 0.6) is 23.0 Å². The Morgan fingerprint density at radius 2 is 0.408 bits per heavy atom. The second kappa shape index (κ2) is 35.8. The monoisotopic (exact) mass is 1550 g/mol. The zero-order chi connectivity index (χ0) is 68.5. The van der Waals surface area contributed by atoms with Crippen LogP contribution in [0.2, 0.25) is 0 Å². The average Bonchev–Trinajstić information content (AvgIpc) is 0.798. The standard InChI is InChI=1S/C36H32N4.C32H42O10.2BrH.2F6P/c1-2-30-4-3-29(1)25-37-17-9-33(10-18-37)35-13-21-39(22-14-35)27-31-5-7-32(8-6-31)28-40-23-15-36(16-24-40)34-11-19-38(26-30)20-12-34;1-3-31-25-28-26-32(4-2-27(1)28)42-24-20-38-16-12-34-10-14-36-18-22-40-30-7-5-29(6-8-30)39-21-17-35-13-9-33-11-15-37-19-23-41-31;;;2*1-7(2,3,4,5)6/h1-24H,25-28H2;1-8,25-26H,9-24H2;2*1H;;/q+4;;;;2*-1/p-2. The summed E-state index contributed by atoms with van der Waals surface area (Å²) >= 11 is 0. The number of halogens is 14. The quantitative estimate of drug-likeness (QED) is 0.0631. The Balaban J connectivity index is 0.000000254. The summed E-state index contributed by atoms with van der Waals surface area (Å²) < 4.78 is 184. The predicted molar refractivity (Wildman–Crippen MR) is 338 cm³/mol. The summed E-state index contributed by atoms with van der Waals surface area (Å²) in [4.78, 5) is 0. The zero-order valence-electron chi connectivity index (χ0n) is 52.8. The van der Waals surface area contributed by atoms with E-state index in [9.17, 15) is 50.4 Å². The Labute approximate surface area is 580 Å². The molecule has 14 nitrogen and oxygen atoms in total. The van der Waals surface area contributed by atoms with Gasteiger partial charge in [0.15, 0.2) is 75.8 Å². The topological polar surface area (TPSA) is 108 Å². The molecule has 0 fully saturated rings. The Morgan fingerprint density at radius 1 is 0.224 bits per heavy atom. The molecule has 4 aromatic heterocycles. The van der Waals surface area contributed by atoms with Gasteiger partial charge in [-0.15, -0.1) is 0 Å². The van der Waals surface area contributed by atoms with Gasteiger partial charge in [0.2, 0.25) is 0 Å². The summed E-state index contributed by atoms with van der Waals surface area (Å²) in [6.45, 7) is 11.1. The molecule has 0 atom stereocenters. The number of pyridine rings is 4. The summed E-state index contributed by atoms with van der Waals surface area (Å²) in [6.07, 6.45) is 17.4. The number of nitrogens with zero attached hydrogens (tertiary/aromatic N) is 4. The van der Waals surface area contributed by atoms with E-state index >= 15 is 0 Å². The molecule has 0 radical (unpaired) electrons. The van der Waals surface area contributed by atoms with Gasteiger partial charge in [0.05, 0.1) is 79.3 Å². The van der Waals surface area contributed by atoms with Crippen molar-refractivity contribution in [1.82, 2.24) is 0 Å². The maximum Gasteiger partial charge on any atom is 0.173 e. The molecule has 18 aliphatic rings. The molecule has 9 aromatic rings. The van der Waals surface area contributed by atoms with Crippen molar-refractivity contribution in [2.45, 2.75) is 26.2 Å². The maximum absolute atomic E-state index is 10.7. The third kappa shape index (κ3) is 34.6. The molecule has 0 saturated heterocycles. The number of aromatic nitrogens is 4. The molecule has 0 amide bonds. The molecule has 0 saturated carbocycles. The van der Waals surface area contributed by atoms with Gasteiger partial charge in [-0.25, -0.2) is 18.3 Å². The minimum Gasteiger partial charge on any atom is -1.00 e. The van der Waals surface area contributed by atoms with Gasteiger partial charge in [-0.05, 0) is 81.6 Å². The van der Waals surface area contributed by atoms with Crippen molar-refractivity contribution in [3.63, 3.8) is 0 Å². The van der Waals surface area contributed by atoms with Gasteiger partial charge >= 0.3 is 66.0 Å². The third-order valence-electron chi connectivity index (χ3n) is 13.8. The first-order chi connectivity index (χ1) is 45.5. The normalized spacial score (nSPS) is 16.4. The number of benzene rings is 5. The Morgan fingerprint density at radius 3 is 0.622 bits per heavy atom. The van der Waals surface area contributed by atoms with Crippen LogP contribution in [0, 0.1) is 0 Å². The van der Waals surface area contributed by atoms with Gasteiger partial charge in [-0.1, -0.05) is 60.7 Å². The molecule has 5 aromatic carbocycles. The fourth-order valence-corrected chi connectivity index (χ4v) is 9.34. The molecule has 98 heavy (non-hydrogen) atoms. The molecular weight excluding hydrogens is 1480 g/mol. The van der Waals surface area contributed by atoms with E-state index in [1.54, 1.807) is 0 Å². The van der Waals surface area contributed by atoms with Crippen molar-refractivity contribution in [2.24, 2.45) is 0 Å². The van der Waals surface area contributed by atoms with Crippen molar-refractivity contribution in [1.29, 1.82) is 0 Å². The summed E-state index contributed by atoms with van der Waals surface area (Å²) in [5, 5.41) is 2.16. The van der Waals surface area contributed by atoms with Crippen molar-refractivity contribution in [2.75, 3.05) is 106 Å². The molecule has 30 heteroatoms. The summed E-state index contributed by atoms with van der Waals surface area (Å²) in [7, 11) is -21.3. The Kier molecular flexibility index (Phi) is 29.2. The smallest absolute Gasteiger partial charge is 0.173 e. The second-order valence-electron chi connectivity index (χ2n) is 21.8. The molecular formula is C68H74Br2F12N4O10P2. The molecule has 22 heterocycles. The SMILES string of the molecule is F[P-](F)(F)(F)(F)F.F[P-](F)(F)(F)(F)F.[Br-].[Br-].c1cc2ccc1C[n+]1ccc(cc1)-c1cc[n+](cc1)Cc1ccc(cc1)C[n+]1ccc(cc1)-c1cc[n+](cc1)C2.c1cc2ccc1OCCOCCOCCOCCOc1ccc3ccc(cc3c1)OCCOCCOCCOCCO2. The van der Waals surface area contributed by atoms with Crippen molar-refractivity contribution < 1.29 is 150 Å². The minimum atomic E-state index is -10.7. The number of rotatable bonds is 0. The number of ether oxygens (including phenoxy) is 10. The van der Waals surface area contributed by atoms with Crippen LogP contribution in [0.3, 0.4) is 0 Å². The van der Waals surface area contributed by atoms with Gasteiger partial charge in [0.1, 0.15) is 49.4 Å². The van der Waals surface area contributed by atoms with Gasteiger partial charge in [0, 0.05) is 70.8 Å². The zero-order valence-corrected chi connectivity index (χ0v) is 57.8. The van der Waals surface area contributed by atoms with E-state index < -0.39 is 15.6 Å². The van der Waals surface area contributed by atoms with E-state index in [1.165, 1.54) is 44.5 Å². The molecule has 534 valence electrons. The third-order valence-corrected chi connectivity index (χ3v) is 13.8. The summed E-state index contributed by atoms with van der Waals surface area (Å²) in [5.41, 5.74) is 10.1. The van der Waals surface area contributed by atoms with Gasteiger partial charge < -0.3 is 81.3 Å². The maximum atomic E-state index is 9.87. The van der Waals surface area contributed by atoms with E-state index in [2.05, 4.69) is 165 Å². The van der Waals surface area contributed by atoms with Crippen LogP contribution in [0.4, 0.5) is 50.4 Å². The average molecular weight is 1560 g/mol. The molecule has 0 N–H and O–H groups in total. The summed E-state index contributed by atoms with van der Waals surface area (Å²) in [6, 6.07) is 55.0. The van der Waals surface area contributed by atoms with Gasteiger partial charge in [-0.2, -0.15) is 0 Å². The minimum absolute atomic E-state index is 0. The first kappa shape index (κ1) is 79.9. The van der Waals surface area contributed by atoms with Crippen molar-refractivity contribution in [3.05, 3.63) is 230 Å². The predicted octanol–water partition coefficient (Wildman–Crippen LogP) is 9.62. The van der Waals surface area contributed by atoms with Crippen LogP contribution in [-0.4, -0.2) is 106 Å².